The molecule has 24 heavy (non-hydrogen) atoms. The molecular weight excluding hydrogens is 298 g/mol. The number of carbonyl (C=O) groups is 1. The van der Waals surface area contributed by atoms with Crippen molar-refractivity contribution in [2.24, 2.45) is 5.92 Å². The number of rotatable bonds is 6. The van der Waals surface area contributed by atoms with Crippen LogP contribution in [0.3, 0.4) is 0 Å². The van der Waals surface area contributed by atoms with Crippen LogP contribution in [0.5, 0.6) is 0 Å². The van der Waals surface area contributed by atoms with Crippen LogP contribution in [0.15, 0.2) is 42.5 Å². The zero-order chi connectivity index (χ0) is 16.8. The summed E-state index contributed by atoms with van der Waals surface area (Å²) in [6.07, 6.45) is 10.2. The molecule has 2 aliphatic rings. The van der Waals surface area contributed by atoms with E-state index >= 15 is 0 Å². The molecule has 1 heterocycles. The number of ether oxygens (including phenoxy) is 1. The van der Waals surface area contributed by atoms with Crippen molar-refractivity contribution in [3.63, 3.8) is 0 Å². The molecule has 1 aromatic carbocycles. The molecule has 3 nitrogen and oxygen atoms in total. The van der Waals surface area contributed by atoms with E-state index in [1.165, 1.54) is 12.8 Å². The van der Waals surface area contributed by atoms with Crippen LogP contribution in [0, 0.1) is 5.92 Å². The standard InChI is InChI=1S/C21H29NO2/c1-17(16-22-14-8-9-15-22)24-21(23)20(18-10-4-2-5-11-18)19-12-6-3-7-13-19/h2,4-6,10-12,17,19-20H,3,7-9,13-16H2,1H3/t17-,19-,20-/m0/s1. The number of benzene rings is 1. The predicted molar refractivity (Wildman–Crippen MR) is 96.9 cm³/mol. The lowest BCUT2D eigenvalue weighted by Gasteiger charge is -2.28. The van der Waals surface area contributed by atoms with E-state index in [4.69, 9.17) is 4.74 Å². The highest BCUT2D eigenvalue weighted by Gasteiger charge is 2.31. The van der Waals surface area contributed by atoms with Crippen LogP contribution in [-0.4, -0.2) is 36.6 Å². The Bertz CT molecular complexity index is 548. The van der Waals surface area contributed by atoms with E-state index < -0.39 is 0 Å². The highest BCUT2D eigenvalue weighted by atomic mass is 16.5. The second-order valence-electron chi connectivity index (χ2n) is 7.17. The first-order valence-corrected chi connectivity index (χ1v) is 9.38. The van der Waals surface area contributed by atoms with E-state index in [0.29, 0.717) is 0 Å². The molecule has 1 saturated heterocycles. The van der Waals surface area contributed by atoms with E-state index in [1.807, 2.05) is 25.1 Å². The van der Waals surface area contributed by atoms with Crippen LogP contribution in [0.1, 0.15) is 50.5 Å². The van der Waals surface area contributed by atoms with Crippen molar-refractivity contribution >= 4 is 5.97 Å². The second kappa shape index (κ2) is 8.48. The maximum absolute atomic E-state index is 13.0. The number of hydrogen-bond donors (Lipinski definition) is 0. The maximum atomic E-state index is 13.0. The molecule has 1 aliphatic heterocycles. The van der Waals surface area contributed by atoms with Gasteiger partial charge in [0.2, 0.25) is 0 Å². The number of hydrogen-bond acceptors (Lipinski definition) is 3. The number of likely N-dealkylation sites (tertiary alicyclic amines) is 1. The normalized spacial score (nSPS) is 23.8. The number of allylic oxidation sites excluding steroid dienone is 2. The van der Waals surface area contributed by atoms with Gasteiger partial charge in [0.1, 0.15) is 6.10 Å². The van der Waals surface area contributed by atoms with Gasteiger partial charge < -0.3 is 4.74 Å². The molecule has 1 aliphatic carbocycles. The molecule has 0 unspecified atom stereocenters. The summed E-state index contributed by atoms with van der Waals surface area (Å²) in [5, 5.41) is 0. The maximum Gasteiger partial charge on any atom is 0.314 e. The van der Waals surface area contributed by atoms with Crippen molar-refractivity contribution in [3.05, 3.63) is 48.0 Å². The largest absolute Gasteiger partial charge is 0.461 e. The lowest BCUT2D eigenvalue weighted by molar-refractivity contribution is -0.152. The average Bonchev–Trinajstić information content (AvgIpc) is 3.10. The third kappa shape index (κ3) is 4.47. The summed E-state index contributed by atoms with van der Waals surface area (Å²) in [7, 11) is 0. The second-order valence-corrected chi connectivity index (χ2v) is 7.17. The SMILES string of the molecule is C[C@@H](CN1CCCC1)OC(=O)[C@@H](c1ccccc1)[C@H]1C=CCCC1. The molecule has 0 spiro atoms. The molecule has 0 bridgehead atoms. The molecule has 3 atom stereocenters. The molecule has 130 valence electrons. The zero-order valence-electron chi connectivity index (χ0n) is 14.7. The van der Waals surface area contributed by atoms with Gasteiger partial charge in [-0.05, 0) is 63.6 Å². The summed E-state index contributed by atoms with van der Waals surface area (Å²) >= 11 is 0. The Morgan fingerprint density at radius 2 is 1.96 bits per heavy atom. The van der Waals surface area contributed by atoms with Crippen LogP contribution in [-0.2, 0) is 9.53 Å². The molecule has 1 aromatic rings. The van der Waals surface area contributed by atoms with Gasteiger partial charge in [-0.25, -0.2) is 0 Å². The van der Waals surface area contributed by atoms with Gasteiger partial charge in [0, 0.05) is 6.54 Å². The summed E-state index contributed by atoms with van der Waals surface area (Å²) in [6, 6.07) is 10.1. The Balaban J connectivity index is 1.68. The van der Waals surface area contributed by atoms with Crippen LogP contribution < -0.4 is 0 Å². The Morgan fingerprint density at radius 3 is 2.62 bits per heavy atom. The first-order chi connectivity index (χ1) is 11.7. The summed E-state index contributed by atoms with van der Waals surface area (Å²) in [6.45, 7) is 5.15. The Labute approximate surface area is 145 Å². The molecule has 0 radical (unpaired) electrons. The van der Waals surface area contributed by atoms with E-state index in [0.717, 1.165) is 44.5 Å². The monoisotopic (exact) mass is 327 g/mol. The summed E-state index contributed by atoms with van der Waals surface area (Å²) in [5.41, 5.74) is 1.08. The van der Waals surface area contributed by atoms with Crippen molar-refractivity contribution in [1.29, 1.82) is 0 Å². The molecule has 0 amide bonds. The first-order valence-electron chi connectivity index (χ1n) is 9.38. The summed E-state index contributed by atoms with van der Waals surface area (Å²) < 4.78 is 5.87. The van der Waals surface area contributed by atoms with Crippen LogP contribution >= 0.6 is 0 Å². The van der Waals surface area contributed by atoms with Crippen molar-refractivity contribution in [2.45, 2.75) is 51.0 Å². The van der Waals surface area contributed by atoms with Gasteiger partial charge in [-0.3, -0.25) is 9.69 Å². The highest BCUT2D eigenvalue weighted by Crippen LogP contribution is 2.33. The topological polar surface area (TPSA) is 29.5 Å². The van der Waals surface area contributed by atoms with Gasteiger partial charge in [0.25, 0.3) is 0 Å². The fraction of sp³-hybridized carbons (Fsp3) is 0.571. The van der Waals surface area contributed by atoms with Crippen molar-refractivity contribution in [2.75, 3.05) is 19.6 Å². The Kier molecular flexibility index (Phi) is 6.08. The van der Waals surface area contributed by atoms with Gasteiger partial charge in [0.15, 0.2) is 0 Å². The highest BCUT2D eigenvalue weighted by molar-refractivity contribution is 5.79. The van der Waals surface area contributed by atoms with Crippen LogP contribution in [0.25, 0.3) is 0 Å². The summed E-state index contributed by atoms with van der Waals surface area (Å²) in [5.74, 6) is 0.0147. The smallest absolute Gasteiger partial charge is 0.314 e. The van der Waals surface area contributed by atoms with Gasteiger partial charge in [-0.1, -0.05) is 42.5 Å². The van der Waals surface area contributed by atoms with E-state index in [-0.39, 0.29) is 23.9 Å². The van der Waals surface area contributed by atoms with E-state index in [1.54, 1.807) is 0 Å². The quantitative estimate of drug-likeness (QED) is 0.580. The molecule has 0 N–H and O–H groups in total. The number of nitrogens with zero attached hydrogens (tertiary/aromatic N) is 1. The predicted octanol–water partition coefficient (Wildman–Crippen LogP) is 4.15. The van der Waals surface area contributed by atoms with E-state index in [9.17, 15) is 4.79 Å². The minimum Gasteiger partial charge on any atom is -0.461 e. The average molecular weight is 327 g/mol. The van der Waals surface area contributed by atoms with Gasteiger partial charge in [-0.15, -0.1) is 0 Å². The zero-order valence-corrected chi connectivity index (χ0v) is 14.7. The molecule has 3 heteroatoms. The Hall–Kier alpha value is -1.61. The third-order valence-electron chi connectivity index (χ3n) is 5.16. The molecule has 0 saturated carbocycles. The van der Waals surface area contributed by atoms with Gasteiger partial charge in [0.05, 0.1) is 5.92 Å². The summed E-state index contributed by atoms with van der Waals surface area (Å²) in [4.78, 5) is 15.4. The van der Waals surface area contributed by atoms with Gasteiger partial charge in [-0.2, -0.15) is 0 Å². The van der Waals surface area contributed by atoms with Crippen LogP contribution in [0.2, 0.25) is 0 Å². The van der Waals surface area contributed by atoms with Crippen molar-refractivity contribution < 1.29 is 9.53 Å². The Morgan fingerprint density at radius 1 is 1.21 bits per heavy atom. The fourth-order valence-corrected chi connectivity index (χ4v) is 3.97. The first kappa shape index (κ1) is 17.2. The van der Waals surface area contributed by atoms with Crippen molar-refractivity contribution in [1.82, 2.24) is 4.90 Å². The van der Waals surface area contributed by atoms with Gasteiger partial charge >= 0.3 is 5.97 Å². The minimum atomic E-state index is -0.177. The number of carbonyl (C=O) groups excluding carboxylic acids is 1. The molecule has 1 fully saturated rings. The van der Waals surface area contributed by atoms with E-state index in [2.05, 4.69) is 29.2 Å². The lowest BCUT2D eigenvalue weighted by atomic mass is 9.80. The van der Waals surface area contributed by atoms with Crippen LogP contribution in [0.4, 0.5) is 0 Å². The molecule has 3 rings (SSSR count). The third-order valence-corrected chi connectivity index (χ3v) is 5.16. The van der Waals surface area contributed by atoms with Crippen molar-refractivity contribution in [3.8, 4) is 0 Å². The molecule has 0 aromatic heterocycles. The molecular formula is C21H29NO2. The lowest BCUT2D eigenvalue weighted by Crippen LogP contribution is -2.34. The minimum absolute atomic E-state index is 0.0469. The number of esters is 1. The fourth-order valence-electron chi connectivity index (χ4n) is 3.97.